The lowest BCUT2D eigenvalue weighted by Gasteiger charge is -2.12. The van der Waals surface area contributed by atoms with E-state index in [9.17, 15) is 14.0 Å². The molecule has 8 heteroatoms. The molecule has 1 heterocycles. The van der Waals surface area contributed by atoms with Crippen molar-refractivity contribution in [1.82, 2.24) is 9.78 Å². The average molecular weight is 410 g/mol. The Bertz CT molecular complexity index is 677. The summed E-state index contributed by atoms with van der Waals surface area (Å²) >= 11 is 7.96. The summed E-state index contributed by atoms with van der Waals surface area (Å²) < 4.78 is 31.5. The number of benzene rings is 1. The maximum absolute atomic E-state index is 12.4. The highest BCUT2D eigenvalue weighted by molar-refractivity contribution is 14.1. The lowest BCUT2D eigenvalue weighted by atomic mass is 10.0. The van der Waals surface area contributed by atoms with Gasteiger partial charge in [0.2, 0.25) is 0 Å². The minimum absolute atomic E-state index is 0.00350. The van der Waals surface area contributed by atoms with E-state index >= 15 is 0 Å². The van der Waals surface area contributed by atoms with Gasteiger partial charge in [-0.05, 0) is 28.7 Å². The van der Waals surface area contributed by atoms with E-state index in [4.69, 9.17) is 11.6 Å². The molecule has 1 aromatic carbocycles. The smallest absolute Gasteiger partial charge is 0.387 e. The molecule has 0 bridgehead atoms. The van der Waals surface area contributed by atoms with Crippen molar-refractivity contribution in [2.45, 2.75) is 6.61 Å². The summed E-state index contributed by atoms with van der Waals surface area (Å²) in [5.41, 5.74) is 1.01. The van der Waals surface area contributed by atoms with Gasteiger partial charge in [0, 0.05) is 23.7 Å². The predicted octanol–water partition coefficient (Wildman–Crippen LogP) is 3.82. The Morgan fingerprint density at radius 1 is 1.50 bits per heavy atom. The van der Waals surface area contributed by atoms with Crippen LogP contribution >= 0.6 is 34.2 Å². The van der Waals surface area contributed by atoms with E-state index in [0.717, 1.165) is 3.57 Å². The molecule has 4 nitrogen and oxygen atoms in total. The molecule has 0 aliphatic rings. The first-order valence-corrected chi connectivity index (χ1v) is 6.76. The highest BCUT2D eigenvalue weighted by Crippen LogP contribution is 2.36. The van der Waals surface area contributed by atoms with Crippen LogP contribution in [0, 0.1) is 14.9 Å². The van der Waals surface area contributed by atoms with Crippen LogP contribution in [0.4, 0.5) is 8.78 Å². The van der Waals surface area contributed by atoms with Gasteiger partial charge in [0.1, 0.15) is 17.4 Å². The van der Waals surface area contributed by atoms with Crippen molar-refractivity contribution in [2.24, 2.45) is 7.05 Å². The molecule has 2 aromatic rings. The molecule has 0 fully saturated rings. The van der Waals surface area contributed by atoms with Crippen molar-refractivity contribution in [3.8, 4) is 23.1 Å². The molecule has 0 aliphatic carbocycles. The van der Waals surface area contributed by atoms with Crippen molar-refractivity contribution >= 4 is 34.2 Å². The third-order valence-corrected chi connectivity index (χ3v) is 3.55. The van der Waals surface area contributed by atoms with Crippen molar-refractivity contribution in [3.05, 3.63) is 32.5 Å². The summed E-state index contributed by atoms with van der Waals surface area (Å²) in [6, 6.07) is 4.60. The third kappa shape index (κ3) is 2.86. The van der Waals surface area contributed by atoms with Crippen molar-refractivity contribution in [3.63, 3.8) is 0 Å². The van der Waals surface area contributed by atoms with Gasteiger partial charge < -0.3 is 4.74 Å². The fourth-order valence-electron chi connectivity index (χ4n) is 1.79. The first-order chi connectivity index (χ1) is 9.43. The molecule has 0 atom stereocenters. The SMILES string of the molecule is Cn1ncc(I)c1-c1cc(Cl)cc(OC(F)F)c1C#N. The quantitative estimate of drug-likeness (QED) is 0.724. The summed E-state index contributed by atoms with van der Waals surface area (Å²) in [5.74, 6) is -0.248. The number of alkyl halides is 2. The second-order valence-electron chi connectivity index (χ2n) is 3.78. The van der Waals surface area contributed by atoms with E-state index < -0.39 is 6.61 Å². The Hall–Kier alpha value is -1.40. The minimum atomic E-state index is -3.03. The Labute approximate surface area is 132 Å². The molecule has 0 unspecified atom stereocenters. The minimum Gasteiger partial charge on any atom is -0.433 e. The van der Waals surface area contributed by atoms with Gasteiger partial charge in [-0.25, -0.2) is 0 Å². The summed E-state index contributed by atoms with van der Waals surface area (Å²) in [6.45, 7) is -3.03. The number of ether oxygens (including phenoxy) is 1. The Morgan fingerprint density at radius 3 is 2.70 bits per heavy atom. The maximum Gasteiger partial charge on any atom is 0.387 e. The van der Waals surface area contributed by atoms with Gasteiger partial charge in [-0.15, -0.1) is 0 Å². The zero-order valence-electron chi connectivity index (χ0n) is 10.1. The second kappa shape index (κ2) is 5.93. The Morgan fingerprint density at radius 2 is 2.20 bits per heavy atom. The summed E-state index contributed by atoms with van der Waals surface area (Å²) in [5, 5.41) is 13.5. The molecule has 0 saturated carbocycles. The molecule has 0 N–H and O–H groups in total. The van der Waals surface area contributed by atoms with Crippen LogP contribution in [0.25, 0.3) is 11.3 Å². The van der Waals surface area contributed by atoms with Crippen LogP contribution in [0.5, 0.6) is 5.75 Å². The number of hydrogen-bond acceptors (Lipinski definition) is 3. The van der Waals surface area contributed by atoms with Crippen LogP contribution in [0.15, 0.2) is 18.3 Å². The van der Waals surface area contributed by atoms with Crippen LogP contribution < -0.4 is 4.74 Å². The van der Waals surface area contributed by atoms with Crippen LogP contribution in [0.3, 0.4) is 0 Å². The molecule has 1 aromatic heterocycles. The summed E-state index contributed by atoms with van der Waals surface area (Å²) in [6.07, 6.45) is 1.60. The normalized spacial score (nSPS) is 10.7. The van der Waals surface area contributed by atoms with Gasteiger partial charge in [0.15, 0.2) is 0 Å². The lowest BCUT2D eigenvalue weighted by molar-refractivity contribution is -0.0499. The van der Waals surface area contributed by atoms with E-state index in [-0.39, 0.29) is 16.3 Å². The maximum atomic E-state index is 12.4. The van der Waals surface area contributed by atoms with E-state index in [1.54, 1.807) is 17.9 Å². The van der Waals surface area contributed by atoms with Crippen molar-refractivity contribution in [1.29, 1.82) is 5.26 Å². The number of hydrogen-bond donors (Lipinski definition) is 0. The summed E-state index contributed by atoms with van der Waals surface area (Å²) in [7, 11) is 1.69. The highest BCUT2D eigenvalue weighted by Gasteiger charge is 2.20. The zero-order chi connectivity index (χ0) is 14.9. The fraction of sp³-hybridized carbons (Fsp3) is 0.167. The number of nitrogens with zero attached hydrogens (tertiary/aromatic N) is 3. The second-order valence-corrected chi connectivity index (χ2v) is 5.38. The Balaban J connectivity index is 2.71. The standard InChI is InChI=1S/C12H7ClF2IN3O/c1-19-11(9(16)5-18-19)7-2-6(13)3-10(8(7)4-17)20-12(14)15/h2-3,5,12H,1H3. The first kappa shape index (κ1) is 15.0. The molecule has 0 saturated heterocycles. The number of aromatic nitrogens is 2. The molecule has 104 valence electrons. The van der Waals surface area contributed by atoms with Crippen molar-refractivity contribution < 1.29 is 13.5 Å². The lowest BCUT2D eigenvalue weighted by Crippen LogP contribution is -2.05. The van der Waals surface area contributed by atoms with Gasteiger partial charge in [0.05, 0.1) is 15.5 Å². The fourth-order valence-corrected chi connectivity index (χ4v) is 2.76. The van der Waals surface area contributed by atoms with E-state index in [0.29, 0.717) is 11.3 Å². The van der Waals surface area contributed by atoms with Crippen molar-refractivity contribution in [2.75, 3.05) is 0 Å². The molecular weight excluding hydrogens is 403 g/mol. The van der Waals surface area contributed by atoms with E-state index in [1.807, 2.05) is 28.7 Å². The van der Waals surface area contributed by atoms with Gasteiger partial charge in [-0.1, -0.05) is 11.6 Å². The summed E-state index contributed by atoms with van der Waals surface area (Å²) in [4.78, 5) is 0. The molecule has 0 aliphatic heterocycles. The van der Waals surface area contributed by atoms with E-state index in [2.05, 4.69) is 9.84 Å². The molecule has 0 amide bonds. The molecule has 0 spiro atoms. The van der Waals surface area contributed by atoms with Gasteiger partial charge in [-0.3, -0.25) is 4.68 Å². The van der Waals surface area contributed by atoms with Crippen LogP contribution in [0.2, 0.25) is 5.02 Å². The highest BCUT2D eigenvalue weighted by atomic mass is 127. The number of nitriles is 1. The average Bonchev–Trinajstić information content (AvgIpc) is 2.67. The number of rotatable bonds is 3. The first-order valence-electron chi connectivity index (χ1n) is 5.30. The van der Waals surface area contributed by atoms with Gasteiger partial charge in [-0.2, -0.15) is 19.1 Å². The predicted molar refractivity (Wildman–Crippen MR) is 77.7 cm³/mol. The topological polar surface area (TPSA) is 50.8 Å². The number of aryl methyl sites for hydroxylation is 1. The molecular formula is C12H7ClF2IN3O. The third-order valence-electron chi connectivity index (χ3n) is 2.54. The van der Waals surface area contributed by atoms with E-state index in [1.165, 1.54) is 12.1 Å². The van der Waals surface area contributed by atoms with Crippen LogP contribution in [0.1, 0.15) is 5.56 Å². The van der Waals surface area contributed by atoms with Crippen LogP contribution in [-0.4, -0.2) is 16.4 Å². The van der Waals surface area contributed by atoms with Crippen LogP contribution in [-0.2, 0) is 7.05 Å². The molecule has 20 heavy (non-hydrogen) atoms. The van der Waals surface area contributed by atoms with Gasteiger partial charge in [0.25, 0.3) is 0 Å². The number of halogens is 4. The monoisotopic (exact) mass is 409 g/mol. The largest absolute Gasteiger partial charge is 0.433 e. The molecule has 0 radical (unpaired) electrons. The molecule has 2 rings (SSSR count). The van der Waals surface area contributed by atoms with Gasteiger partial charge >= 0.3 is 6.61 Å². The zero-order valence-corrected chi connectivity index (χ0v) is 13.0. The Kier molecular flexibility index (Phi) is 4.45.